The topological polar surface area (TPSA) is 29.5 Å². The maximum Gasteiger partial charge on any atom is 0.138 e. The Morgan fingerprint density at radius 2 is 1.76 bits per heavy atom. The summed E-state index contributed by atoms with van der Waals surface area (Å²) in [7, 11) is 0. The summed E-state index contributed by atoms with van der Waals surface area (Å²) < 4.78 is 5.79. The molecule has 0 aromatic heterocycles. The number of hydrogen-bond acceptors (Lipinski definition) is 2. The van der Waals surface area contributed by atoms with Gasteiger partial charge in [0.2, 0.25) is 0 Å². The molecule has 21 heavy (non-hydrogen) atoms. The van der Waals surface area contributed by atoms with E-state index in [9.17, 15) is 5.11 Å². The van der Waals surface area contributed by atoms with Gasteiger partial charge in [0.1, 0.15) is 12.4 Å². The summed E-state index contributed by atoms with van der Waals surface area (Å²) in [5, 5.41) is 10.6. The lowest BCUT2D eigenvalue weighted by atomic mass is 9.99. The van der Waals surface area contributed by atoms with Crippen LogP contribution in [-0.2, 0) is 13.0 Å². The van der Waals surface area contributed by atoms with E-state index in [1.165, 1.54) is 0 Å². The predicted molar refractivity (Wildman–Crippen MR) is 86.8 cm³/mol. The minimum absolute atomic E-state index is 0.231. The lowest BCUT2D eigenvalue weighted by molar-refractivity contribution is 0.125. The minimum Gasteiger partial charge on any atom is -0.487 e. The van der Waals surface area contributed by atoms with Gasteiger partial charge in [0.15, 0.2) is 0 Å². The lowest BCUT2D eigenvalue weighted by Crippen LogP contribution is -2.17. The summed E-state index contributed by atoms with van der Waals surface area (Å²) in [6.07, 6.45) is 0.254. The van der Waals surface area contributed by atoms with Crippen LogP contribution in [0, 0.1) is 5.92 Å². The highest BCUT2D eigenvalue weighted by molar-refractivity contribution is 6.32. The first-order valence-electron chi connectivity index (χ1n) is 7.19. The molecule has 0 heterocycles. The zero-order valence-electron chi connectivity index (χ0n) is 12.4. The van der Waals surface area contributed by atoms with Crippen molar-refractivity contribution in [2.45, 2.75) is 33.0 Å². The average molecular weight is 305 g/mol. The molecular weight excluding hydrogens is 284 g/mol. The third-order valence-corrected chi connectivity index (χ3v) is 3.76. The van der Waals surface area contributed by atoms with Crippen LogP contribution in [0.15, 0.2) is 48.5 Å². The molecule has 0 saturated heterocycles. The third kappa shape index (κ3) is 4.76. The van der Waals surface area contributed by atoms with Gasteiger partial charge in [-0.1, -0.05) is 61.8 Å². The summed E-state index contributed by atoms with van der Waals surface area (Å²) in [5.41, 5.74) is 2.13. The van der Waals surface area contributed by atoms with E-state index in [2.05, 4.69) is 0 Å². The molecule has 2 nitrogen and oxygen atoms in total. The quantitative estimate of drug-likeness (QED) is 0.852. The fourth-order valence-corrected chi connectivity index (χ4v) is 2.17. The van der Waals surface area contributed by atoms with Crippen molar-refractivity contribution < 1.29 is 9.84 Å². The van der Waals surface area contributed by atoms with Crippen molar-refractivity contribution in [2.75, 3.05) is 0 Å². The van der Waals surface area contributed by atoms with Crippen molar-refractivity contribution in [3.63, 3.8) is 0 Å². The van der Waals surface area contributed by atoms with Crippen LogP contribution >= 0.6 is 11.6 Å². The molecule has 2 rings (SSSR count). The molecule has 1 atom stereocenters. The standard InChI is InChI=1S/C18H21ClO2/c1-13(2)17(20)10-15-8-9-16(19)18(11-15)21-12-14-6-4-3-5-7-14/h3-9,11,13,17,20H,10,12H2,1-2H3. The van der Waals surface area contributed by atoms with Crippen LogP contribution in [0.4, 0.5) is 0 Å². The van der Waals surface area contributed by atoms with E-state index >= 15 is 0 Å². The number of hydrogen-bond donors (Lipinski definition) is 1. The molecule has 0 amide bonds. The number of rotatable bonds is 6. The highest BCUT2D eigenvalue weighted by Gasteiger charge is 2.12. The van der Waals surface area contributed by atoms with Crippen LogP contribution in [0.25, 0.3) is 0 Å². The SMILES string of the molecule is CC(C)C(O)Cc1ccc(Cl)c(OCc2ccccc2)c1. The Balaban J connectivity index is 2.05. The first-order chi connectivity index (χ1) is 10.1. The Labute approximate surface area is 131 Å². The van der Waals surface area contributed by atoms with Crippen molar-refractivity contribution in [3.8, 4) is 5.75 Å². The maximum atomic E-state index is 9.97. The van der Waals surface area contributed by atoms with E-state index in [0.29, 0.717) is 23.8 Å². The van der Waals surface area contributed by atoms with E-state index in [-0.39, 0.29) is 12.0 Å². The van der Waals surface area contributed by atoms with Crippen LogP contribution < -0.4 is 4.74 Å². The van der Waals surface area contributed by atoms with Gasteiger partial charge in [0.25, 0.3) is 0 Å². The van der Waals surface area contributed by atoms with Crippen LogP contribution in [0.5, 0.6) is 5.75 Å². The molecule has 0 aliphatic rings. The molecule has 1 unspecified atom stereocenters. The van der Waals surface area contributed by atoms with Gasteiger partial charge in [0, 0.05) is 0 Å². The van der Waals surface area contributed by atoms with Gasteiger partial charge in [-0.15, -0.1) is 0 Å². The molecule has 0 fully saturated rings. The molecule has 2 aromatic rings. The normalized spacial score (nSPS) is 12.4. The molecule has 3 heteroatoms. The number of ether oxygens (including phenoxy) is 1. The Kier molecular flexibility index (Phi) is 5.66. The number of halogens is 1. The summed E-state index contributed by atoms with van der Waals surface area (Å²) in [6, 6.07) is 15.6. The van der Waals surface area contributed by atoms with Crippen LogP contribution in [0.2, 0.25) is 5.02 Å². The summed E-state index contributed by atoms with van der Waals surface area (Å²) in [6.45, 7) is 4.50. The van der Waals surface area contributed by atoms with E-state index in [4.69, 9.17) is 16.3 Å². The second-order valence-electron chi connectivity index (χ2n) is 5.55. The molecule has 0 saturated carbocycles. The van der Waals surface area contributed by atoms with E-state index in [1.54, 1.807) is 0 Å². The fourth-order valence-electron chi connectivity index (χ4n) is 2.00. The van der Waals surface area contributed by atoms with E-state index in [0.717, 1.165) is 11.1 Å². The highest BCUT2D eigenvalue weighted by Crippen LogP contribution is 2.27. The summed E-state index contributed by atoms with van der Waals surface area (Å²) >= 11 is 6.17. The second-order valence-corrected chi connectivity index (χ2v) is 5.96. The molecule has 1 N–H and O–H groups in total. The molecule has 0 bridgehead atoms. The predicted octanol–water partition coefficient (Wildman–Crippen LogP) is 4.48. The molecule has 2 aromatic carbocycles. The second kappa shape index (κ2) is 7.48. The number of aliphatic hydroxyl groups is 1. The average Bonchev–Trinajstić information content (AvgIpc) is 2.48. The van der Waals surface area contributed by atoms with Crippen molar-refractivity contribution in [2.24, 2.45) is 5.92 Å². The molecule has 0 radical (unpaired) electrons. The van der Waals surface area contributed by atoms with Gasteiger partial charge in [-0.25, -0.2) is 0 Å². The minimum atomic E-state index is -0.354. The van der Waals surface area contributed by atoms with Gasteiger partial charge in [-0.3, -0.25) is 0 Å². The van der Waals surface area contributed by atoms with Crippen molar-refractivity contribution >= 4 is 11.6 Å². The maximum absolute atomic E-state index is 9.97. The number of benzene rings is 2. The van der Waals surface area contributed by atoms with Crippen molar-refractivity contribution in [1.29, 1.82) is 0 Å². The third-order valence-electron chi connectivity index (χ3n) is 3.45. The van der Waals surface area contributed by atoms with E-state index < -0.39 is 0 Å². The van der Waals surface area contributed by atoms with E-state index in [1.807, 2.05) is 62.4 Å². The first kappa shape index (κ1) is 15.9. The van der Waals surface area contributed by atoms with Crippen LogP contribution in [-0.4, -0.2) is 11.2 Å². The zero-order chi connectivity index (χ0) is 15.2. The zero-order valence-corrected chi connectivity index (χ0v) is 13.2. The highest BCUT2D eigenvalue weighted by atomic mass is 35.5. The molecule has 0 aliphatic carbocycles. The monoisotopic (exact) mass is 304 g/mol. The first-order valence-corrected chi connectivity index (χ1v) is 7.57. The van der Waals surface area contributed by atoms with Gasteiger partial charge >= 0.3 is 0 Å². The lowest BCUT2D eigenvalue weighted by Gasteiger charge is -2.15. The van der Waals surface area contributed by atoms with Crippen LogP contribution in [0.1, 0.15) is 25.0 Å². The van der Waals surface area contributed by atoms with Gasteiger partial charge in [-0.2, -0.15) is 0 Å². The van der Waals surface area contributed by atoms with Gasteiger partial charge in [0.05, 0.1) is 11.1 Å². The largest absolute Gasteiger partial charge is 0.487 e. The van der Waals surface area contributed by atoms with Crippen LogP contribution in [0.3, 0.4) is 0 Å². The Morgan fingerprint density at radius 3 is 2.43 bits per heavy atom. The Bertz CT molecular complexity index is 567. The summed E-state index contributed by atoms with van der Waals surface area (Å²) in [4.78, 5) is 0. The smallest absolute Gasteiger partial charge is 0.138 e. The summed E-state index contributed by atoms with van der Waals surface area (Å²) in [5.74, 6) is 0.892. The van der Waals surface area contributed by atoms with Crippen molar-refractivity contribution in [3.05, 3.63) is 64.7 Å². The fraction of sp³-hybridized carbons (Fsp3) is 0.333. The van der Waals surface area contributed by atoms with Gasteiger partial charge in [-0.05, 0) is 35.6 Å². The molecule has 0 aliphatic heterocycles. The number of aliphatic hydroxyl groups excluding tert-OH is 1. The Morgan fingerprint density at radius 1 is 1.05 bits per heavy atom. The van der Waals surface area contributed by atoms with Gasteiger partial charge < -0.3 is 9.84 Å². The molecular formula is C18H21ClO2. The molecule has 0 spiro atoms. The van der Waals surface area contributed by atoms with Crippen molar-refractivity contribution in [1.82, 2.24) is 0 Å². The molecule has 112 valence electrons. The Hall–Kier alpha value is -1.51.